The molecule has 2 fully saturated rings. The maximum atomic E-state index is 12.3. The first-order chi connectivity index (χ1) is 11.2. The molecule has 1 unspecified atom stereocenters. The number of methoxy groups -OCH3 is 1. The molecule has 2 aliphatic rings. The number of esters is 1. The van der Waals surface area contributed by atoms with E-state index in [4.69, 9.17) is 14.2 Å². The third-order valence-corrected chi connectivity index (χ3v) is 4.79. The van der Waals surface area contributed by atoms with Gasteiger partial charge in [0.15, 0.2) is 17.4 Å². The van der Waals surface area contributed by atoms with E-state index < -0.39 is 5.60 Å². The molecule has 4 nitrogen and oxygen atoms in total. The minimum atomic E-state index is -0.390. The highest BCUT2D eigenvalue weighted by Gasteiger charge is 2.60. The zero-order chi connectivity index (χ0) is 16.3. The summed E-state index contributed by atoms with van der Waals surface area (Å²) < 4.78 is 17.2. The molecule has 1 aromatic rings. The van der Waals surface area contributed by atoms with Gasteiger partial charge in [0.2, 0.25) is 0 Å². The summed E-state index contributed by atoms with van der Waals surface area (Å²) in [6, 6.07) is 9.79. The average Bonchev–Trinajstić information content (AvgIpc) is 2.57. The van der Waals surface area contributed by atoms with Crippen molar-refractivity contribution in [3.8, 4) is 0 Å². The van der Waals surface area contributed by atoms with Crippen molar-refractivity contribution in [3.63, 3.8) is 0 Å². The van der Waals surface area contributed by atoms with Crippen molar-refractivity contribution >= 4 is 11.7 Å². The molecular weight excluding hydrogens is 292 g/mol. The second kappa shape index (κ2) is 6.65. The van der Waals surface area contributed by atoms with Gasteiger partial charge in [-0.2, -0.15) is 0 Å². The zero-order valence-corrected chi connectivity index (χ0v) is 13.8. The largest absolute Gasteiger partial charge is 0.493 e. The average molecular weight is 316 g/mol. The molecule has 0 amide bonds. The Balaban J connectivity index is 2.02. The summed E-state index contributed by atoms with van der Waals surface area (Å²) in [5.74, 6) is 0.720. The summed E-state index contributed by atoms with van der Waals surface area (Å²) in [4.78, 5) is 12.3. The lowest BCUT2D eigenvalue weighted by molar-refractivity contribution is -0.219. The second-order valence-electron chi connectivity index (χ2n) is 6.18. The van der Waals surface area contributed by atoms with Crippen LogP contribution >= 0.6 is 0 Å². The summed E-state index contributed by atoms with van der Waals surface area (Å²) in [5, 5.41) is 0. The van der Waals surface area contributed by atoms with E-state index in [0.29, 0.717) is 18.1 Å². The van der Waals surface area contributed by atoms with Gasteiger partial charge in [-0.15, -0.1) is 0 Å². The van der Waals surface area contributed by atoms with Crippen LogP contribution in [0, 0.1) is 5.92 Å². The Morgan fingerprint density at radius 2 is 1.91 bits per heavy atom. The van der Waals surface area contributed by atoms with Crippen LogP contribution in [0.2, 0.25) is 0 Å². The Labute approximate surface area is 137 Å². The summed E-state index contributed by atoms with van der Waals surface area (Å²) in [5.41, 5.74) is 0.530. The van der Waals surface area contributed by atoms with E-state index in [0.717, 1.165) is 31.2 Å². The molecule has 3 rings (SSSR count). The summed E-state index contributed by atoms with van der Waals surface area (Å²) in [6.07, 6.45) is 5.21. The van der Waals surface area contributed by atoms with Crippen LogP contribution in [0.5, 0.6) is 0 Å². The molecule has 1 aliphatic heterocycles. The van der Waals surface area contributed by atoms with E-state index in [1.165, 1.54) is 6.42 Å². The van der Waals surface area contributed by atoms with Gasteiger partial charge in [0.25, 0.3) is 0 Å². The Bertz CT molecular complexity index is 585. The Morgan fingerprint density at radius 1 is 1.22 bits per heavy atom. The molecule has 1 aromatic carbocycles. The lowest BCUT2D eigenvalue weighted by Gasteiger charge is -2.50. The Hall–Kier alpha value is -1.97. The second-order valence-corrected chi connectivity index (χ2v) is 6.18. The number of benzene rings is 1. The molecule has 124 valence electrons. The maximum Gasteiger partial charge on any atom is 0.321 e. The van der Waals surface area contributed by atoms with Gasteiger partial charge >= 0.3 is 5.97 Å². The molecule has 0 radical (unpaired) electrons. The number of carbonyl (C=O) groups is 1. The van der Waals surface area contributed by atoms with Gasteiger partial charge in [0.1, 0.15) is 5.60 Å². The number of ether oxygens (including phenoxy) is 3. The van der Waals surface area contributed by atoms with Gasteiger partial charge in [-0.25, -0.2) is 0 Å². The third-order valence-electron chi connectivity index (χ3n) is 4.79. The van der Waals surface area contributed by atoms with Crippen molar-refractivity contribution in [2.45, 2.75) is 44.6 Å². The van der Waals surface area contributed by atoms with Crippen molar-refractivity contribution in [2.24, 2.45) is 5.92 Å². The van der Waals surface area contributed by atoms with E-state index in [-0.39, 0.29) is 11.9 Å². The van der Waals surface area contributed by atoms with Crippen LogP contribution < -0.4 is 0 Å². The summed E-state index contributed by atoms with van der Waals surface area (Å²) >= 11 is 0. The molecule has 4 heteroatoms. The number of hydrogen-bond donors (Lipinski definition) is 0. The molecule has 1 spiro atoms. The van der Waals surface area contributed by atoms with Crippen LogP contribution in [-0.2, 0) is 19.0 Å². The molecule has 0 bridgehead atoms. The summed E-state index contributed by atoms with van der Waals surface area (Å²) in [7, 11) is 1.62. The van der Waals surface area contributed by atoms with E-state index >= 15 is 0 Å². The van der Waals surface area contributed by atoms with Crippen LogP contribution in [0.3, 0.4) is 0 Å². The molecule has 23 heavy (non-hydrogen) atoms. The quantitative estimate of drug-likeness (QED) is 0.610. The van der Waals surface area contributed by atoms with Crippen molar-refractivity contribution in [3.05, 3.63) is 41.7 Å². The molecule has 0 N–H and O–H groups in total. The predicted octanol–water partition coefficient (Wildman–Crippen LogP) is 3.91. The van der Waals surface area contributed by atoms with E-state index in [1.54, 1.807) is 7.11 Å². The maximum absolute atomic E-state index is 12.3. The van der Waals surface area contributed by atoms with Gasteiger partial charge in [-0.05, 0) is 32.6 Å². The highest BCUT2D eigenvalue weighted by atomic mass is 16.6. The number of carbonyl (C=O) groups excluding carboxylic acids is 1. The van der Waals surface area contributed by atoms with E-state index in [1.807, 2.05) is 37.3 Å². The molecule has 1 saturated carbocycles. The topological polar surface area (TPSA) is 44.8 Å². The van der Waals surface area contributed by atoms with Gasteiger partial charge in [-0.1, -0.05) is 36.8 Å². The SMILES string of the molecule is CCO/C(=C(\OC)c1ccccc1)C1C(=O)OC12CCCCC2. The van der Waals surface area contributed by atoms with Crippen LogP contribution in [0.4, 0.5) is 0 Å². The van der Waals surface area contributed by atoms with Crippen molar-refractivity contribution in [1.82, 2.24) is 0 Å². The van der Waals surface area contributed by atoms with Gasteiger partial charge in [0.05, 0.1) is 13.7 Å². The molecule has 1 aliphatic carbocycles. The first-order valence-corrected chi connectivity index (χ1v) is 8.41. The molecule has 1 atom stereocenters. The highest BCUT2D eigenvalue weighted by molar-refractivity contribution is 5.85. The molecule has 1 saturated heterocycles. The minimum Gasteiger partial charge on any atom is -0.493 e. The van der Waals surface area contributed by atoms with Crippen molar-refractivity contribution in [2.75, 3.05) is 13.7 Å². The van der Waals surface area contributed by atoms with Crippen molar-refractivity contribution in [1.29, 1.82) is 0 Å². The first-order valence-electron chi connectivity index (χ1n) is 8.41. The monoisotopic (exact) mass is 316 g/mol. The van der Waals surface area contributed by atoms with Gasteiger partial charge < -0.3 is 14.2 Å². The van der Waals surface area contributed by atoms with Gasteiger partial charge in [0, 0.05) is 5.56 Å². The lowest BCUT2D eigenvalue weighted by Crippen LogP contribution is -2.59. The van der Waals surface area contributed by atoms with Crippen LogP contribution in [0.15, 0.2) is 36.1 Å². The first kappa shape index (κ1) is 15.9. The standard InChI is InChI=1S/C19H24O4/c1-3-22-17(16(21-2)14-10-6-4-7-11-14)15-18(20)23-19(15)12-8-5-9-13-19/h4,6-7,10-11,15H,3,5,8-9,12-13H2,1-2H3/b17-16-. The van der Waals surface area contributed by atoms with Crippen LogP contribution in [0.1, 0.15) is 44.6 Å². The van der Waals surface area contributed by atoms with E-state index in [2.05, 4.69) is 0 Å². The fraction of sp³-hybridized carbons (Fsp3) is 0.526. The molecule has 0 aromatic heterocycles. The Kier molecular flexibility index (Phi) is 4.60. The molecule has 1 heterocycles. The normalized spacial score (nSPS) is 23.6. The highest BCUT2D eigenvalue weighted by Crippen LogP contribution is 2.50. The Morgan fingerprint density at radius 3 is 2.48 bits per heavy atom. The van der Waals surface area contributed by atoms with Crippen LogP contribution in [0.25, 0.3) is 5.76 Å². The number of rotatable bonds is 5. The predicted molar refractivity (Wildman–Crippen MR) is 87.4 cm³/mol. The zero-order valence-electron chi connectivity index (χ0n) is 13.8. The summed E-state index contributed by atoms with van der Waals surface area (Å²) in [6.45, 7) is 2.42. The molecular formula is C19H24O4. The fourth-order valence-electron chi connectivity index (χ4n) is 3.75. The minimum absolute atomic E-state index is 0.194. The van der Waals surface area contributed by atoms with Crippen LogP contribution in [-0.4, -0.2) is 25.3 Å². The third kappa shape index (κ3) is 2.82. The lowest BCUT2D eigenvalue weighted by atomic mass is 9.70. The smallest absolute Gasteiger partial charge is 0.321 e. The fourth-order valence-corrected chi connectivity index (χ4v) is 3.75. The van der Waals surface area contributed by atoms with E-state index in [9.17, 15) is 4.79 Å². The number of hydrogen-bond acceptors (Lipinski definition) is 4. The van der Waals surface area contributed by atoms with Gasteiger partial charge in [-0.3, -0.25) is 4.79 Å². The van der Waals surface area contributed by atoms with Crippen molar-refractivity contribution < 1.29 is 19.0 Å².